The van der Waals surface area contributed by atoms with Crippen molar-refractivity contribution in [1.29, 1.82) is 0 Å². The summed E-state index contributed by atoms with van der Waals surface area (Å²) in [5.41, 5.74) is 2.23. The molecule has 4 nitrogen and oxygen atoms in total. The number of nitrogens with zero attached hydrogens (tertiary/aromatic N) is 2. The molecule has 0 saturated carbocycles. The minimum atomic E-state index is 0.193. The van der Waals surface area contributed by atoms with E-state index < -0.39 is 0 Å². The smallest absolute Gasteiger partial charge is 0.162 e. The van der Waals surface area contributed by atoms with Crippen LogP contribution < -0.4 is 4.74 Å². The summed E-state index contributed by atoms with van der Waals surface area (Å²) in [6.07, 6.45) is 3.79. The highest BCUT2D eigenvalue weighted by atomic mass is 16.5. The molecule has 0 amide bonds. The second kappa shape index (κ2) is 9.60. The number of ketones is 1. The number of carbonyl (C=O) groups excluding carboxylic acids is 1. The first kappa shape index (κ1) is 17.9. The third kappa shape index (κ3) is 5.61. The van der Waals surface area contributed by atoms with E-state index in [-0.39, 0.29) is 5.78 Å². The number of unbranched alkanes of at least 4 members (excludes halogenated alkanes) is 2. The predicted molar refractivity (Wildman–Crippen MR) is 96.7 cm³/mol. The van der Waals surface area contributed by atoms with Gasteiger partial charge in [-0.2, -0.15) is 10.2 Å². The minimum absolute atomic E-state index is 0.193. The molecule has 0 spiro atoms. The summed E-state index contributed by atoms with van der Waals surface area (Å²) in [5.74, 6) is 1.01. The van der Waals surface area contributed by atoms with Crippen LogP contribution in [0.3, 0.4) is 0 Å². The number of hydrogen-bond donors (Lipinski definition) is 0. The molecular weight excluding hydrogens is 300 g/mol. The maximum Gasteiger partial charge on any atom is 0.162 e. The zero-order valence-corrected chi connectivity index (χ0v) is 14.4. The largest absolute Gasteiger partial charge is 0.494 e. The van der Waals surface area contributed by atoms with Gasteiger partial charge in [0.2, 0.25) is 0 Å². The molecule has 0 unspecified atom stereocenters. The summed E-state index contributed by atoms with van der Waals surface area (Å²) in [7, 11) is 0. The Bertz CT molecular complexity index is 661. The summed E-state index contributed by atoms with van der Waals surface area (Å²) in [6.45, 7) is 4.73. The highest BCUT2D eigenvalue weighted by Crippen LogP contribution is 2.22. The molecule has 0 aliphatic carbocycles. The average molecular weight is 324 g/mol. The Balaban J connectivity index is 1.94. The fourth-order valence-electron chi connectivity index (χ4n) is 2.29. The van der Waals surface area contributed by atoms with E-state index in [1.807, 2.05) is 55.5 Å². The summed E-state index contributed by atoms with van der Waals surface area (Å²) in [4.78, 5) is 12.0. The van der Waals surface area contributed by atoms with Crippen molar-refractivity contribution in [2.75, 3.05) is 6.61 Å². The van der Waals surface area contributed by atoms with E-state index in [0.717, 1.165) is 42.0 Å². The number of benzene rings is 2. The standard InChI is InChI=1S/C20H24N2O2/c1-3-5-6-7-20(23)16-8-10-17(11-9-16)21-22-18-12-14-19(15-13-18)24-4-2/h8-15H,3-7H2,1-2H3/b22-21+. The monoisotopic (exact) mass is 324 g/mol. The van der Waals surface area contributed by atoms with Crippen LogP contribution in [0.1, 0.15) is 49.9 Å². The van der Waals surface area contributed by atoms with Crippen LogP contribution in [0.5, 0.6) is 5.75 Å². The second-order valence-electron chi connectivity index (χ2n) is 5.55. The number of ether oxygens (including phenoxy) is 1. The molecule has 0 heterocycles. The molecular formula is C20H24N2O2. The van der Waals surface area contributed by atoms with Crippen LogP contribution >= 0.6 is 0 Å². The molecule has 4 heteroatoms. The van der Waals surface area contributed by atoms with Gasteiger partial charge in [0.05, 0.1) is 18.0 Å². The first-order valence-corrected chi connectivity index (χ1v) is 8.50. The second-order valence-corrected chi connectivity index (χ2v) is 5.55. The van der Waals surface area contributed by atoms with Crippen molar-refractivity contribution < 1.29 is 9.53 Å². The van der Waals surface area contributed by atoms with Crippen molar-refractivity contribution in [2.24, 2.45) is 10.2 Å². The quantitative estimate of drug-likeness (QED) is 0.310. The van der Waals surface area contributed by atoms with Crippen LogP contribution in [-0.4, -0.2) is 12.4 Å². The Labute approximate surface area is 143 Å². The molecule has 0 fully saturated rings. The molecule has 0 radical (unpaired) electrons. The summed E-state index contributed by atoms with van der Waals surface area (Å²) >= 11 is 0. The topological polar surface area (TPSA) is 51.0 Å². The number of Topliss-reactive ketones (excluding diaryl/α,β-unsaturated/α-hetero) is 1. The molecule has 126 valence electrons. The third-order valence-electron chi connectivity index (χ3n) is 3.63. The zero-order valence-electron chi connectivity index (χ0n) is 14.4. The van der Waals surface area contributed by atoms with Crippen molar-refractivity contribution in [1.82, 2.24) is 0 Å². The lowest BCUT2D eigenvalue weighted by atomic mass is 10.0. The molecule has 0 atom stereocenters. The van der Waals surface area contributed by atoms with Gasteiger partial charge in [-0.15, -0.1) is 0 Å². The van der Waals surface area contributed by atoms with E-state index >= 15 is 0 Å². The van der Waals surface area contributed by atoms with E-state index in [1.54, 1.807) is 0 Å². The van der Waals surface area contributed by atoms with Crippen molar-refractivity contribution in [3.05, 3.63) is 54.1 Å². The van der Waals surface area contributed by atoms with Crippen LogP contribution in [0.2, 0.25) is 0 Å². The van der Waals surface area contributed by atoms with Crippen molar-refractivity contribution in [3.8, 4) is 5.75 Å². The summed E-state index contributed by atoms with van der Waals surface area (Å²) in [6, 6.07) is 14.8. The van der Waals surface area contributed by atoms with E-state index in [9.17, 15) is 4.79 Å². The first-order valence-electron chi connectivity index (χ1n) is 8.50. The van der Waals surface area contributed by atoms with Gasteiger partial charge >= 0.3 is 0 Å². The van der Waals surface area contributed by atoms with E-state index in [1.165, 1.54) is 0 Å². The Morgan fingerprint density at radius 3 is 2.00 bits per heavy atom. The Morgan fingerprint density at radius 1 is 0.875 bits per heavy atom. The SMILES string of the molecule is CCCCCC(=O)c1ccc(/N=N/c2ccc(OCC)cc2)cc1. The van der Waals surface area contributed by atoms with Gasteiger partial charge in [-0.05, 0) is 61.9 Å². The number of hydrogen-bond acceptors (Lipinski definition) is 4. The molecule has 2 aromatic carbocycles. The van der Waals surface area contributed by atoms with E-state index in [0.29, 0.717) is 13.0 Å². The molecule has 0 bridgehead atoms. The highest BCUT2D eigenvalue weighted by Gasteiger charge is 2.05. The lowest BCUT2D eigenvalue weighted by Gasteiger charge is -2.02. The summed E-state index contributed by atoms with van der Waals surface area (Å²) < 4.78 is 5.39. The number of carbonyl (C=O) groups is 1. The number of rotatable bonds is 9. The predicted octanol–water partition coefficient (Wildman–Crippen LogP) is 6.26. The van der Waals surface area contributed by atoms with Crippen LogP contribution in [0.15, 0.2) is 58.8 Å². The molecule has 24 heavy (non-hydrogen) atoms. The Morgan fingerprint density at radius 2 is 1.46 bits per heavy atom. The fraction of sp³-hybridized carbons (Fsp3) is 0.350. The Kier molecular flexibility index (Phi) is 7.15. The van der Waals surface area contributed by atoms with Gasteiger partial charge in [0.25, 0.3) is 0 Å². The minimum Gasteiger partial charge on any atom is -0.494 e. The lowest BCUT2D eigenvalue weighted by Crippen LogP contribution is -1.98. The first-order chi connectivity index (χ1) is 11.7. The van der Waals surface area contributed by atoms with Gasteiger partial charge in [0, 0.05) is 12.0 Å². The lowest BCUT2D eigenvalue weighted by molar-refractivity contribution is 0.0979. The van der Waals surface area contributed by atoms with Crippen LogP contribution in [0, 0.1) is 0 Å². The van der Waals surface area contributed by atoms with Crippen LogP contribution in [0.25, 0.3) is 0 Å². The average Bonchev–Trinajstić information content (AvgIpc) is 2.62. The Hall–Kier alpha value is -2.49. The molecule has 0 aliphatic heterocycles. The van der Waals surface area contributed by atoms with Gasteiger partial charge in [-0.3, -0.25) is 4.79 Å². The van der Waals surface area contributed by atoms with Gasteiger partial charge in [0.1, 0.15) is 5.75 Å². The van der Waals surface area contributed by atoms with Gasteiger partial charge in [0.15, 0.2) is 5.78 Å². The molecule has 0 aromatic heterocycles. The van der Waals surface area contributed by atoms with Gasteiger partial charge in [-0.25, -0.2) is 0 Å². The van der Waals surface area contributed by atoms with Crippen LogP contribution in [-0.2, 0) is 0 Å². The molecule has 0 N–H and O–H groups in total. The summed E-state index contributed by atoms with van der Waals surface area (Å²) in [5, 5.41) is 8.40. The molecule has 0 saturated heterocycles. The molecule has 2 rings (SSSR count). The maximum absolute atomic E-state index is 12.0. The zero-order chi connectivity index (χ0) is 17.2. The molecule has 2 aromatic rings. The van der Waals surface area contributed by atoms with E-state index in [2.05, 4.69) is 17.2 Å². The third-order valence-corrected chi connectivity index (χ3v) is 3.63. The van der Waals surface area contributed by atoms with Crippen molar-refractivity contribution in [2.45, 2.75) is 39.5 Å². The van der Waals surface area contributed by atoms with Crippen molar-refractivity contribution >= 4 is 17.2 Å². The fourth-order valence-corrected chi connectivity index (χ4v) is 2.29. The highest BCUT2D eigenvalue weighted by molar-refractivity contribution is 5.96. The normalized spacial score (nSPS) is 10.9. The maximum atomic E-state index is 12.0. The van der Waals surface area contributed by atoms with Gasteiger partial charge < -0.3 is 4.74 Å². The van der Waals surface area contributed by atoms with E-state index in [4.69, 9.17) is 4.74 Å². The van der Waals surface area contributed by atoms with Crippen LogP contribution in [0.4, 0.5) is 11.4 Å². The number of azo groups is 1. The van der Waals surface area contributed by atoms with Gasteiger partial charge in [-0.1, -0.05) is 19.8 Å². The molecule has 0 aliphatic rings. The van der Waals surface area contributed by atoms with Crippen molar-refractivity contribution in [3.63, 3.8) is 0 Å².